The van der Waals surface area contributed by atoms with Crippen LogP contribution in [0, 0.1) is 5.82 Å². The van der Waals surface area contributed by atoms with Crippen LogP contribution in [-0.4, -0.2) is 32.8 Å². The summed E-state index contributed by atoms with van der Waals surface area (Å²) in [5, 5.41) is 20.0. The molecular weight excluding hydrogens is 425 g/mol. The van der Waals surface area contributed by atoms with Crippen molar-refractivity contribution in [2.24, 2.45) is 0 Å². The Hall–Kier alpha value is -3.52. The highest BCUT2D eigenvalue weighted by Gasteiger charge is 2.20. The molecule has 9 heteroatoms. The summed E-state index contributed by atoms with van der Waals surface area (Å²) in [6.45, 7) is 5.30. The lowest BCUT2D eigenvalue weighted by molar-refractivity contribution is 0.00693. The molecule has 3 rings (SSSR count). The molecule has 0 bridgehead atoms. The maximum absolute atomic E-state index is 14.3. The molecule has 0 radical (unpaired) electrons. The first-order valence-electron chi connectivity index (χ1n) is 9.21. The van der Waals surface area contributed by atoms with Crippen molar-refractivity contribution in [1.29, 1.82) is 0 Å². The van der Waals surface area contributed by atoms with Crippen LogP contribution in [0.5, 0.6) is 0 Å². The van der Waals surface area contributed by atoms with Gasteiger partial charge >= 0.3 is 11.9 Å². The third-order valence-corrected chi connectivity index (χ3v) is 4.33. The molecule has 3 aromatic rings. The molecule has 0 aliphatic carbocycles. The van der Waals surface area contributed by atoms with E-state index >= 15 is 0 Å². The van der Waals surface area contributed by atoms with Crippen molar-refractivity contribution in [2.75, 3.05) is 5.32 Å². The molecule has 160 valence electrons. The number of anilines is 2. The summed E-state index contributed by atoms with van der Waals surface area (Å²) in [5.41, 5.74) is 0.00323. The standard InChI is InChI=1S/C22H19ClFN3O4/c1-22(2,3)31-21(30)12-7-9-13(10-8-12)25-17-11-16(26-27-19(17)20(28)29)18-14(23)5-4-6-15(18)24/h4-11H,1-3H3,(H,25,26)(H,28,29). The first-order valence-corrected chi connectivity index (χ1v) is 9.59. The molecule has 2 aromatic carbocycles. The zero-order valence-corrected chi connectivity index (χ0v) is 17.7. The van der Waals surface area contributed by atoms with E-state index in [1.807, 2.05) is 0 Å². The van der Waals surface area contributed by atoms with Crippen LogP contribution in [0.15, 0.2) is 48.5 Å². The van der Waals surface area contributed by atoms with Crippen LogP contribution in [-0.2, 0) is 4.74 Å². The highest BCUT2D eigenvalue weighted by Crippen LogP contribution is 2.31. The van der Waals surface area contributed by atoms with Gasteiger partial charge in [-0.1, -0.05) is 17.7 Å². The molecule has 31 heavy (non-hydrogen) atoms. The lowest BCUT2D eigenvalue weighted by Crippen LogP contribution is -2.23. The van der Waals surface area contributed by atoms with Crippen molar-refractivity contribution >= 4 is 34.9 Å². The number of hydrogen-bond donors (Lipinski definition) is 2. The molecule has 0 fully saturated rings. The summed E-state index contributed by atoms with van der Waals surface area (Å²) in [7, 11) is 0. The fourth-order valence-corrected chi connectivity index (χ4v) is 2.95. The Bertz CT molecular complexity index is 1120. The third kappa shape index (κ3) is 5.35. The minimum atomic E-state index is -1.31. The van der Waals surface area contributed by atoms with Gasteiger partial charge in [0.05, 0.1) is 27.5 Å². The van der Waals surface area contributed by atoms with E-state index in [4.69, 9.17) is 16.3 Å². The Balaban J connectivity index is 1.93. The van der Waals surface area contributed by atoms with Crippen LogP contribution in [0.3, 0.4) is 0 Å². The average molecular weight is 444 g/mol. The predicted octanol–water partition coefficient (Wildman–Crippen LogP) is 5.33. The highest BCUT2D eigenvalue weighted by atomic mass is 35.5. The van der Waals surface area contributed by atoms with E-state index in [1.54, 1.807) is 45.0 Å². The topological polar surface area (TPSA) is 101 Å². The molecule has 0 unspecified atom stereocenters. The molecule has 0 spiro atoms. The summed E-state index contributed by atoms with van der Waals surface area (Å²) >= 11 is 6.08. The normalized spacial score (nSPS) is 11.1. The van der Waals surface area contributed by atoms with E-state index in [2.05, 4.69) is 15.5 Å². The Morgan fingerprint density at radius 3 is 2.35 bits per heavy atom. The third-order valence-electron chi connectivity index (χ3n) is 4.01. The van der Waals surface area contributed by atoms with Crippen LogP contribution in [0.25, 0.3) is 11.3 Å². The number of ether oxygens (including phenoxy) is 1. The first-order chi connectivity index (χ1) is 14.5. The van der Waals surface area contributed by atoms with Crippen LogP contribution in [0.1, 0.15) is 41.6 Å². The van der Waals surface area contributed by atoms with Crippen molar-refractivity contribution in [2.45, 2.75) is 26.4 Å². The van der Waals surface area contributed by atoms with Gasteiger partial charge in [0.2, 0.25) is 0 Å². The zero-order valence-electron chi connectivity index (χ0n) is 16.9. The van der Waals surface area contributed by atoms with Crippen molar-refractivity contribution in [3.8, 4) is 11.3 Å². The minimum absolute atomic E-state index is 0.0110. The first kappa shape index (κ1) is 22.2. The van der Waals surface area contributed by atoms with Gasteiger partial charge < -0.3 is 15.2 Å². The number of benzene rings is 2. The Morgan fingerprint density at radius 2 is 1.77 bits per heavy atom. The second-order valence-electron chi connectivity index (χ2n) is 7.60. The molecule has 0 amide bonds. The molecule has 0 aliphatic rings. The quantitative estimate of drug-likeness (QED) is 0.513. The number of nitrogens with zero attached hydrogens (tertiary/aromatic N) is 2. The monoisotopic (exact) mass is 443 g/mol. The van der Waals surface area contributed by atoms with Gasteiger partial charge in [-0.3, -0.25) is 0 Å². The smallest absolute Gasteiger partial charge is 0.358 e. The van der Waals surface area contributed by atoms with Gasteiger partial charge in [-0.05, 0) is 63.2 Å². The SMILES string of the molecule is CC(C)(C)OC(=O)c1ccc(Nc2cc(-c3c(F)cccc3Cl)nnc2C(=O)O)cc1. The molecule has 2 N–H and O–H groups in total. The van der Waals surface area contributed by atoms with Gasteiger partial charge in [-0.25, -0.2) is 14.0 Å². The Labute approximate surface area is 182 Å². The van der Waals surface area contributed by atoms with E-state index in [9.17, 15) is 19.1 Å². The number of aromatic nitrogens is 2. The van der Waals surface area contributed by atoms with Crippen LogP contribution < -0.4 is 5.32 Å². The molecule has 0 saturated carbocycles. The fourth-order valence-electron chi connectivity index (χ4n) is 2.69. The average Bonchev–Trinajstić information content (AvgIpc) is 2.67. The van der Waals surface area contributed by atoms with E-state index in [0.29, 0.717) is 11.3 Å². The fraction of sp³-hybridized carbons (Fsp3) is 0.182. The number of nitrogens with one attached hydrogen (secondary N) is 1. The number of carboxylic acids is 1. The second-order valence-corrected chi connectivity index (χ2v) is 8.01. The number of hydrogen-bond acceptors (Lipinski definition) is 6. The summed E-state index contributed by atoms with van der Waals surface area (Å²) in [4.78, 5) is 23.7. The van der Waals surface area contributed by atoms with Crippen molar-refractivity contribution < 1.29 is 23.8 Å². The van der Waals surface area contributed by atoms with E-state index in [-0.39, 0.29) is 27.7 Å². The van der Waals surface area contributed by atoms with Crippen molar-refractivity contribution in [3.05, 3.63) is 70.6 Å². The lowest BCUT2D eigenvalue weighted by Gasteiger charge is -2.19. The maximum atomic E-state index is 14.3. The summed E-state index contributed by atoms with van der Waals surface area (Å²) in [6.07, 6.45) is 0. The number of carbonyl (C=O) groups is 2. The summed E-state index contributed by atoms with van der Waals surface area (Å²) < 4.78 is 19.6. The highest BCUT2D eigenvalue weighted by molar-refractivity contribution is 6.33. The molecule has 0 atom stereocenters. The number of rotatable bonds is 5. The van der Waals surface area contributed by atoms with Gasteiger partial charge in [0, 0.05) is 5.69 Å². The van der Waals surface area contributed by atoms with Crippen LogP contribution >= 0.6 is 11.6 Å². The number of carbonyl (C=O) groups excluding carboxylic acids is 1. The van der Waals surface area contributed by atoms with Crippen LogP contribution in [0.2, 0.25) is 5.02 Å². The van der Waals surface area contributed by atoms with Crippen molar-refractivity contribution in [1.82, 2.24) is 10.2 Å². The molecule has 1 aromatic heterocycles. The molecule has 0 saturated heterocycles. The molecule has 0 aliphatic heterocycles. The minimum Gasteiger partial charge on any atom is -0.476 e. The van der Waals surface area contributed by atoms with Gasteiger partial charge in [-0.15, -0.1) is 10.2 Å². The van der Waals surface area contributed by atoms with E-state index < -0.39 is 23.4 Å². The summed E-state index contributed by atoms with van der Waals surface area (Å²) in [6, 6.07) is 11.8. The van der Waals surface area contributed by atoms with E-state index in [0.717, 1.165) is 0 Å². The number of carboxylic acid groups (broad SMARTS) is 1. The summed E-state index contributed by atoms with van der Waals surface area (Å²) in [5.74, 6) is -2.41. The van der Waals surface area contributed by atoms with Gasteiger partial charge in [0.25, 0.3) is 0 Å². The predicted molar refractivity (Wildman–Crippen MR) is 114 cm³/mol. The second kappa shape index (κ2) is 8.69. The van der Waals surface area contributed by atoms with Crippen molar-refractivity contribution in [3.63, 3.8) is 0 Å². The lowest BCUT2D eigenvalue weighted by atomic mass is 10.1. The largest absolute Gasteiger partial charge is 0.476 e. The number of halogens is 2. The molecular formula is C22H19ClFN3O4. The number of esters is 1. The van der Waals surface area contributed by atoms with Gasteiger partial charge in [-0.2, -0.15) is 0 Å². The van der Waals surface area contributed by atoms with Crippen LogP contribution in [0.4, 0.5) is 15.8 Å². The Morgan fingerprint density at radius 1 is 1.10 bits per heavy atom. The number of aromatic carboxylic acids is 1. The van der Waals surface area contributed by atoms with Gasteiger partial charge in [0.1, 0.15) is 11.4 Å². The maximum Gasteiger partial charge on any atom is 0.358 e. The Kier molecular flexibility index (Phi) is 6.21. The molecule has 1 heterocycles. The van der Waals surface area contributed by atoms with Gasteiger partial charge in [0.15, 0.2) is 5.69 Å². The molecule has 7 nitrogen and oxygen atoms in total. The zero-order chi connectivity index (χ0) is 22.8. The van der Waals surface area contributed by atoms with E-state index in [1.165, 1.54) is 24.3 Å².